The average Bonchev–Trinajstić information content (AvgIpc) is 2.57. The number of thiophene rings is 1. The normalized spacial score (nSPS) is 10.5. The van der Waals surface area contributed by atoms with Gasteiger partial charge in [0, 0.05) is 15.4 Å². The van der Waals surface area contributed by atoms with Crippen LogP contribution in [-0.4, -0.2) is 9.78 Å². The number of halogens is 1. The molecule has 0 atom stereocenters. The van der Waals surface area contributed by atoms with Crippen LogP contribution in [0, 0.1) is 6.92 Å². The Hall–Kier alpha value is -0.940. The fraction of sp³-hybridized carbons (Fsp3) is 0.200. The minimum Gasteiger partial charge on any atom is -0.268 e. The Balaban J connectivity index is 2.33. The monoisotopic (exact) mass is 284 g/mol. The summed E-state index contributed by atoms with van der Waals surface area (Å²) < 4.78 is 2.49. The van der Waals surface area contributed by atoms with Gasteiger partial charge in [-0.1, -0.05) is 0 Å². The predicted molar refractivity (Wildman–Crippen MR) is 64.4 cm³/mol. The minimum absolute atomic E-state index is 0.0599. The molecule has 0 unspecified atom stereocenters. The van der Waals surface area contributed by atoms with E-state index in [1.165, 1.54) is 4.68 Å². The Morgan fingerprint density at radius 1 is 1.60 bits per heavy atom. The number of hydrogen-bond acceptors (Lipinski definition) is 3. The van der Waals surface area contributed by atoms with E-state index in [-0.39, 0.29) is 5.56 Å². The maximum atomic E-state index is 11.6. The Morgan fingerprint density at radius 2 is 2.40 bits per heavy atom. The molecule has 0 aliphatic rings. The summed E-state index contributed by atoms with van der Waals surface area (Å²) in [6.07, 6.45) is 1.70. The first kappa shape index (κ1) is 10.6. The van der Waals surface area contributed by atoms with Crippen LogP contribution >= 0.6 is 27.3 Å². The summed E-state index contributed by atoms with van der Waals surface area (Å²) >= 11 is 5.04. The SMILES string of the molecule is Cc1cnn(Cc2sccc2Br)c(=O)c1. The fourth-order valence-electron chi connectivity index (χ4n) is 1.22. The number of nitrogens with zero attached hydrogens (tertiary/aromatic N) is 2. The molecule has 0 amide bonds. The lowest BCUT2D eigenvalue weighted by molar-refractivity contribution is 0.641. The van der Waals surface area contributed by atoms with Crippen molar-refractivity contribution in [1.29, 1.82) is 0 Å². The molecule has 0 fully saturated rings. The van der Waals surface area contributed by atoms with E-state index < -0.39 is 0 Å². The van der Waals surface area contributed by atoms with Gasteiger partial charge in [-0.15, -0.1) is 11.3 Å². The van der Waals surface area contributed by atoms with E-state index in [0.717, 1.165) is 14.9 Å². The minimum atomic E-state index is -0.0599. The zero-order chi connectivity index (χ0) is 10.8. The van der Waals surface area contributed by atoms with Crippen LogP contribution in [-0.2, 0) is 6.54 Å². The molecule has 0 N–H and O–H groups in total. The van der Waals surface area contributed by atoms with Crippen LogP contribution in [0.15, 0.2) is 33.0 Å². The molecule has 0 bridgehead atoms. The van der Waals surface area contributed by atoms with Crippen LogP contribution in [0.2, 0.25) is 0 Å². The highest BCUT2D eigenvalue weighted by Gasteiger charge is 2.04. The Bertz CT molecular complexity index is 532. The third kappa shape index (κ3) is 2.35. The van der Waals surface area contributed by atoms with Gasteiger partial charge in [0.05, 0.1) is 12.7 Å². The number of aromatic nitrogens is 2. The van der Waals surface area contributed by atoms with Crippen molar-refractivity contribution in [2.24, 2.45) is 0 Å². The van der Waals surface area contributed by atoms with Crippen molar-refractivity contribution in [3.8, 4) is 0 Å². The van der Waals surface area contributed by atoms with Crippen LogP contribution in [0.25, 0.3) is 0 Å². The van der Waals surface area contributed by atoms with Crippen molar-refractivity contribution >= 4 is 27.3 Å². The Labute approximate surface area is 99.5 Å². The topological polar surface area (TPSA) is 34.9 Å². The molecule has 78 valence electrons. The lowest BCUT2D eigenvalue weighted by Gasteiger charge is -2.02. The van der Waals surface area contributed by atoms with E-state index in [4.69, 9.17) is 0 Å². The summed E-state index contributed by atoms with van der Waals surface area (Å²) in [7, 11) is 0. The van der Waals surface area contributed by atoms with Gasteiger partial charge in [-0.25, -0.2) is 4.68 Å². The highest BCUT2D eigenvalue weighted by Crippen LogP contribution is 2.22. The van der Waals surface area contributed by atoms with Crippen molar-refractivity contribution in [2.45, 2.75) is 13.5 Å². The van der Waals surface area contributed by atoms with E-state index in [0.29, 0.717) is 6.54 Å². The molecular formula is C10H9BrN2OS. The van der Waals surface area contributed by atoms with Crippen LogP contribution < -0.4 is 5.56 Å². The summed E-state index contributed by atoms with van der Waals surface area (Å²) in [5.74, 6) is 0. The van der Waals surface area contributed by atoms with E-state index >= 15 is 0 Å². The second-order valence-corrected chi connectivity index (χ2v) is 5.08. The molecule has 0 aromatic carbocycles. The zero-order valence-electron chi connectivity index (χ0n) is 8.11. The van der Waals surface area contributed by atoms with E-state index in [9.17, 15) is 4.79 Å². The first-order valence-electron chi connectivity index (χ1n) is 4.42. The standard InChI is InChI=1S/C10H9BrN2OS/c1-7-4-10(14)13(12-5-7)6-9-8(11)2-3-15-9/h2-5H,6H2,1H3. The van der Waals surface area contributed by atoms with Crippen LogP contribution in [0.5, 0.6) is 0 Å². The summed E-state index contributed by atoms with van der Waals surface area (Å²) in [6, 6.07) is 3.56. The average molecular weight is 285 g/mol. The maximum absolute atomic E-state index is 11.6. The molecule has 0 spiro atoms. The van der Waals surface area contributed by atoms with Crippen LogP contribution in [0.4, 0.5) is 0 Å². The molecule has 2 heterocycles. The molecule has 3 nitrogen and oxygen atoms in total. The molecule has 5 heteroatoms. The largest absolute Gasteiger partial charge is 0.268 e. The van der Waals surface area contributed by atoms with Gasteiger partial charge in [-0.05, 0) is 39.9 Å². The molecule has 0 aliphatic carbocycles. The summed E-state index contributed by atoms with van der Waals surface area (Å²) in [5, 5.41) is 6.07. The van der Waals surface area contributed by atoms with Crippen molar-refractivity contribution in [1.82, 2.24) is 9.78 Å². The zero-order valence-corrected chi connectivity index (χ0v) is 10.5. The third-order valence-corrected chi connectivity index (χ3v) is 3.90. The number of aryl methyl sites for hydroxylation is 1. The summed E-state index contributed by atoms with van der Waals surface area (Å²) in [6.45, 7) is 2.39. The first-order chi connectivity index (χ1) is 7.16. The summed E-state index contributed by atoms with van der Waals surface area (Å²) in [4.78, 5) is 12.7. The number of rotatable bonds is 2. The van der Waals surface area contributed by atoms with Crippen molar-refractivity contribution in [2.75, 3.05) is 0 Å². The Morgan fingerprint density at radius 3 is 3.00 bits per heavy atom. The van der Waals surface area contributed by atoms with Crippen LogP contribution in [0.3, 0.4) is 0 Å². The van der Waals surface area contributed by atoms with Gasteiger partial charge in [0.25, 0.3) is 5.56 Å². The van der Waals surface area contributed by atoms with E-state index in [2.05, 4.69) is 21.0 Å². The second kappa shape index (κ2) is 4.28. The molecule has 2 rings (SSSR count). The lowest BCUT2D eigenvalue weighted by atomic mass is 10.3. The van der Waals surface area contributed by atoms with Gasteiger partial charge >= 0.3 is 0 Å². The van der Waals surface area contributed by atoms with Crippen molar-refractivity contribution in [3.05, 3.63) is 49.0 Å². The van der Waals surface area contributed by atoms with Gasteiger partial charge in [-0.2, -0.15) is 5.10 Å². The highest BCUT2D eigenvalue weighted by molar-refractivity contribution is 9.10. The third-order valence-electron chi connectivity index (χ3n) is 1.99. The molecule has 2 aromatic heterocycles. The summed E-state index contributed by atoms with van der Waals surface area (Å²) in [5.41, 5.74) is 0.830. The second-order valence-electron chi connectivity index (χ2n) is 3.22. The van der Waals surface area contributed by atoms with Gasteiger partial charge < -0.3 is 0 Å². The fourth-order valence-corrected chi connectivity index (χ4v) is 2.68. The lowest BCUT2D eigenvalue weighted by Crippen LogP contribution is -2.22. The molecule has 2 aromatic rings. The smallest absolute Gasteiger partial charge is 0.267 e. The molecule has 0 aliphatic heterocycles. The van der Waals surface area contributed by atoms with Gasteiger partial charge in [0.2, 0.25) is 0 Å². The quantitative estimate of drug-likeness (QED) is 0.849. The molecule has 15 heavy (non-hydrogen) atoms. The van der Waals surface area contributed by atoms with E-state index in [1.807, 2.05) is 18.4 Å². The van der Waals surface area contributed by atoms with Crippen LogP contribution in [0.1, 0.15) is 10.4 Å². The molecule has 0 radical (unpaired) electrons. The van der Waals surface area contributed by atoms with Gasteiger partial charge in [0.1, 0.15) is 0 Å². The Kier molecular flexibility index (Phi) is 3.02. The first-order valence-corrected chi connectivity index (χ1v) is 6.10. The highest BCUT2D eigenvalue weighted by atomic mass is 79.9. The predicted octanol–water partition coefficient (Wildman–Crippen LogP) is 2.42. The van der Waals surface area contributed by atoms with E-state index in [1.54, 1.807) is 23.6 Å². The van der Waals surface area contributed by atoms with Crippen molar-refractivity contribution in [3.63, 3.8) is 0 Å². The van der Waals surface area contributed by atoms with Gasteiger partial charge in [0.15, 0.2) is 0 Å². The van der Waals surface area contributed by atoms with Gasteiger partial charge in [-0.3, -0.25) is 4.79 Å². The molecular weight excluding hydrogens is 276 g/mol. The number of hydrogen-bond donors (Lipinski definition) is 0. The van der Waals surface area contributed by atoms with Crippen molar-refractivity contribution < 1.29 is 0 Å². The maximum Gasteiger partial charge on any atom is 0.267 e. The molecule has 0 saturated carbocycles. The molecule has 0 saturated heterocycles.